The first-order valence-corrected chi connectivity index (χ1v) is 6.95. The van der Waals surface area contributed by atoms with Crippen molar-refractivity contribution in [3.63, 3.8) is 0 Å². The molecule has 0 fully saturated rings. The molecule has 0 heterocycles. The Morgan fingerprint density at radius 1 is 1.16 bits per heavy atom. The van der Waals surface area contributed by atoms with Crippen molar-refractivity contribution in [3.8, 4) is 0 Å². The number of rotatable bonds is 4. The maximum absolute atomic E-state index is 13.1. The van der Waals surface area contributed by atoms with Gasteiger partial charge in [0.2, 0.25) is 0 Å². The summed E-state index contributed by atoms with van der Waals surface area (Å²) < 4.78 is 13.1. The van der Waals surface area contributed by atoms with Crippen LogP contribution in [0, 0.1) is 5.82 Å². The van der Waals surface area contributed by atoms with E-state index in [4.69, 9.17) is 11.6 Å². The molecule has 2 N–H and O–H groups in total. The molecule has 0 bridgehead atoms. The number of thioether (sulfide) groups is 1. The Kier molecular flexibility index (Phi) is 4.88. The number of hydrogen-bond acceptors (Lipinski definition) is 3. The number of halogens is 2. The minimum absolute atomic E-state index is 0.189. The lowest BCUT2D eigenvalue weighted by Crippen LogP contribution is -2.33. The van der Waals surface area contributed by atoms with Crippen LogP contribution in [-0.2, 0) is 5.75 Å². The molecule has 98 valence electrons. The fraction of sp³-hybridized carbons (Fsp3) is 0.0769. The van der Waals surface area contributed by atoms with Crippen molar-refractivity contribution in [1.82, 2.24) is 0 Å². The van der Waals surface area contributed by atoms with Gasteiger partial charge in [-0.2, -0.15) is 0 Å². The van der Waals surface area contributed by atoms with E-state index in [0.29, 0.717) is 16.3 Å². The quantitative estimate of drug-likeness (QED) is 0.672. The van der Waals surface area contributed by atoms with Crippen LogP contribution in [0.4, 0.5) is 4.39 Å². The summed E-state index contributed by atoms with van der Waals surface area (Å²) >= 11 is 7.38. The van der Waals surface area contributed by atoms with E-state index in [2.05, 4.69) is 0 Å². The monoisotopic (exact) mass is 296 g/mol. The molecule has 0 radical (unpaired) electrons. The van der Waals surface area contributed by atoms with Crippen molar-refractivity contribution in [3.05, 3.63) is 58.9 Å². The average molecular weight is 297 g/mol. The molecular weight excluding hydrogens is 285 g/mol. The fourth-order valence-electron chi connectivity index (χ4n) is 1.66. The van der Waals surface area contributed by atoms with Gasteiger partial charge in [0.15, 0.2) is 0 Å². The van der Waals surface area contributed by atoms with Gasteiger partial charge in [-0.15, -0.1) is 11.8 Å². The highest BCUT2D eigenvalue weighted by molar-refractivity contribution is 7.98. The van der Waals surface area contributed by atoms with Crippen LogP contribution in [0.2, 0.25) is 5.02 Å². The van der Waals surface area contributed by atoms with E-state index in [-0.39, 0.29) is 5.46 Å². The number of hydrogen-bond donors (Lipinski definition) is 2. The first-order chi connectivity index (χ1) is 9.06. The molecule has 0 unspecified atom stereocenters. The Hall–Kier alpha value is -1.01. The van der Waals surface area contributed by atoms with Crippen LogP contribution in [0.1, 0.15) is 5.56 Å². The van der Waals surface area contributed by atoms with Gasteiger partial charge in [0.1, 0.15) is 5.82 Å². The normalized spacial score (nSPS) is 10.5. The summed E-state index contributed by atoms with van der Waals surface area (Å²) in [6, 6.07) is 11.4. The van der Waals surface area contributed by atoms with Crippen LogP contribution in [0.5, 0.6) is 0 Å². The van der Waals surface area contributed by atoms with Crippen molar-refractivity contribution in [2.75, 3.05) is 0 Å². The minimum Gasteiger partial charge on any atom is -0.423 e. The molecule has 0 saturated carbocycles. The standard InChI is InChI=1S/C13H11BClFO2S/c15-10-2-1-3-12(6-10)19-8-9-4-5-11(16)7-13(9)14(17)18/h1-7,17-18H,8H2. The summed E-state index contributed by atoms with van der Waals surface area (Å²) in [7, 11) is -1.68. The molecule has 0 aliphatic heterocycles. The lowest BCUT2D eigenvalue weighted by molar-refractivity contribution is 0.425. The van der Waals surface area contributed by atoms with Crippen LogP contribution >= 0.6 is 23.4 Å². The molecule has 0 aliphatic rings. The Morgan fingerprint density at radius 2 is 1.95 bits per heavy atom. The van der Waals surface area contributed by atoms with E-state index in [1.165, 1.54) is 17.8 Å². The summed E-state index contributed by atoms with van der Waals surface area (Å²) in [6.07, 6.45) is 0. The summed E-state index contributed by atoms with van der Waals surface area (Å²) in [4.78, 5) is 0.968. The number of benzene rings is 2. The molecule has 6 heteroatoms. The van der Waals surface area contributed by atoms with Crippen molar-refractivity contribution < 1.29 is 14.4 Å². The molecule has 0 spiro atoms. The first kappa shape index (κ1) is 14.4. The topological polar surface area (TPSA) is 40.5 Å². The zero-order chi connectivity index (χ0) is 13.8. The van der Waals surface area contributed by atoms with E-state index >= 15 is 0 Å². The van der Waals surface area contributed by atoms with Crippen LogP contribution < -0.4 is 5.46 Å². The van der Waals surface area contributed by atoms with E-state index in [0.717, 1.165) is 11.0 Å². The van der Waals surface area contributed by atoms with Crippen LogP contribution in [0.15, 0.2) is 47.4 Å². The third-order valence-electron chi connectivity index (χ3n) is 2.58. The highest BCUT2D eigenvalue weighted by atomic mass is 35.5. The maximum Gasteiger partial charge on any atom is 0.488 e. The second-order valence-corrected chi connectivity index (χ2v) is 5.45. The van der Waals surface area contributed by atoms with Crippen LogP contribution in [0.25, 0.3) is 0 Å². The Morgan fingerprint density at radius 3 is 2.63 bits per heavy atom. The van der Waals surface area contributed by atoms with Gasteiger partial charge in [-0.1, -0.05) is 23.7 Å². The molecule has 19 heavy (non-hydrogen) atoms. The van der Waals surface area contributed by atoms with Crippen molar-refractivity contribution in [2.45, 2.75) is 10.6 Å². The fourth-order valence-corrected chi connectivity index (χ4v) is 2.88. The van der Waals surface area contributed by atoms with Gasteiger partial charge in [-0.05, 0) is 41.4 Å². The van der Waals surface area contributed by atoms with Gasteiger partial charge in [0.25, 0.3) is 0 Å². The molecule has 2 aromatic rings. The van der Waals surface area contributed by atoms with E-state index in [9.17, 15) is 14.4 Å². The molecule has 0 amide bonds. The second kappa shape index (κ2) is 6.43. The van der Waals surface area contributed by atoms with Gasteiger partial charge in [-0.25, -0.2) is 4.39 Å². The molecule has 0 atom stereocenters. The van der Waals surface area contributed by atoms with Gasteiger partial charge in [-0.3, -0.25) is 0 Å². The summed E-state index contributed by atoms with van der Waals surface area (Å²) in [6.45, 7) is 0. The lowest BCUT2D eigenvalue weighted by Gasteiger charge is -2.09. The second-order valence-electron chi connectivity index (χ2n) is 3.96. The van der Waals surface area contributed by atoms with Crippen LogP contribution in [-0.4, -0.2) is 17.2 Å². The molecule has 2 rings (SSSR count). The summed E-state index contributed by atoms with van der Waals surface area (Å²) in [5.74, 6) is 0.0210. The van der Waals surface area contributed by atoms with E-state index in [1.54, 1.807) is 12.1 Å². The van der Waals surface area contributed by atoms with Gasteiger partial charge in [0.05, 0.1) is 0 Å². The minimum atomic E-state index is -1.68. The van der Waals surface area contributed by atoms with Gasteiger partial charge in [0, 0.05) is 15.7 Å². The van der Waals surface area contributed by atoms with E-state index in [1.807, 2.05) is 18.2 Å². The molecule has 2 nitrogen and oxygen atoms in total. The highest BCUT2D eigenvalue weighted by Crippen LogP contribution is 2.24. The van der Waals surface area contributed by atoms with Crippen molar-refractivity contribution in [1.29, 1.82) is 0 Å². The predicted molar refractivity (Wildman–Crippen MR) is 77.2 cm³/mol. The van der Waals surface area contributed by atoms with Crippen molar-refractivity contribution >= 4 is 35.9 Å². The van der Waals surface area contributed by atoms with Gasteiger partial charge < -0.3 is 10.0 Å². The van der Waals surface area contributed by atoms with Gasteiger partial charge >= 0.3 is 7.12 Å². The zero-order valence-corrected chi connectivity index (χ0v) is 11.5. The summed E-state index contributed by atoms with van der Waals surface area (Å²) in [5.41, 5.74) is 0.871. The van der Waals surface area contributed by atoms with Crippen LogP contribution in [0.3, 0.4) is 0 Å². The third-order valence-corrected chi connectivity index (χ3v) is 3.85. The Bertz CT molecular complexity index is 580. The maximum atomic E-state index is 13.1. The molecular formula is C13H11BClFO2S. The Labute approximate surface area is 120 Å². The van der Waals surface area contributed by atoms with E-state index < -0.39 is 12.9 Å². The Balaban J connectivity index is 2.15. The summed E-state index contributed by atoms with van der Waals surface area (Å²) in [5, 5.41) is 19.1. The smallest absolute Gasteiger partial charge is 0.423 e. The largest absolute Gasteiger partial charge is 0.488 e. The first-order valence-electron chi connectivity index (χ1n) is 5.59. The molecule has 0 aromatic heterocycles. The zero-order valence-electron chi connectivity index (χ0n) is 9.88. The molecule has 2 aromatic carbocycles. The van der Waals surface area contributed by atoms with Crippen molar-refractivity contribution in [2.24, 2.45) is 0 Å². The third kappa shape index (κ3) is 3.98. The lowest BCUT2D eigenvalue weighted by atomic mass is 9.77. The predicted octanol–water partition coefficient (Wildman–Crippen LogP) is 2.45. The molecule has 0 aliphatic carbocycles. The average Bonchev–Trinajstić information content (AvgIpc) is 2.37. The molecule has 0 saturated heterocycles. The SMILES string of the molecule is OB(O)c1cc(F)ccc1CSc1cccc(Cl)c1. The highest BCUT2D eigenvalue weighted by Gasteiger charge is 2.16.